The normalized spacial score (nSPS) is 22.2. The zero-order valence-corrected chi connectivity index (χ0v) is 15.8. The maximum atomic E-state index is 13.1. The molecule has 2 aromatic rings. The average Bonchev–Trinajstić information content (AvgIpc) is 2.76. The first-order valence-corrected chi connectivity index (χ1v) is 9.00. The van der Waals surface area contributed by atoms with Crippen molar-refractivity contribution in [2.24, 2.45) is 5.41 Å². The highest BCUT2D eigenvalue weighted by molar-refractivity contribution is 6.03. The molecule has 28 heavy (non-hydrogen) atoms. The Balaban J connectivity index is 2.00. The van der Waals surface area contributed by atoms with Gasteiger partial charge in [-0.3, -0.25) is 14.4 Å². The number of carbonyl (C=O) groups excluding carboxylic acids is 2. The van der Waals surface area contributed by atoms with Gasteiger partial charge in [0.2, 0.25) is 0 Å². The molecule has 0 unspecified atom stereocenters. The molecule has 0 spiro atoms. The Bertz CT molecular complexity index is 923. The first-order chi connectivity index (χ1) is 13.5. The minimum atomic E-state index is -1.59. The van der Waals surface area contributed by atoms with Gasteiger partial charge in [0.25, 0.3) is 0 Å². The summed E-state index contributed by atoms with van der Waals surface area (Å²) in [5.41, 5.74) is 1.55. The van der Waals surface area contributed by atoms with Crippen molar-refractivity contribution in [1.82, 2.24) is 0 Å². The van der Waals surface area contributed by atoms with Gasteiger partial charge >= 0.3 is 11.9 Å². The van der Waals surface area contributed by atoms with Crippen molar-refractivity contribution in [2.45, 2.75) is 18.6 Å². The van der Waals surface area contributed by atoms with E-state index in [2.05, 4.69) is 6.58 Å². The van der Waals surface area contributed by atoms with Crippen LogP contribution in [0.1, 0.15) is 23.6 Å². The Morgan fingerprint density at radius 2 is 1.64 bits per heavy atom. The minimum Gasteiger partial charge on any atom is -0.468 e. The molecule has 0 aromatic heterocycles. The molecular formula is C22H21NO5. The molecule has 0 N–H and O–H groups in total. The van der Waals surface area contributed by atoms with Crippen LogP contribution in [0.5, 0.6) is 0 Å². The fraction of sp³-hybridized carbons (Fsp3) is 0.273. The van der Waals surface area contributed by atoms with Gasteiger partial charge in [-0.25, -0.2) is 5.06 Å². The van der Waals surface area contributed by atoms with Gasteiger partial charge in [-0.2, -0.15) is 0 Å². The predicted molar refractivity (Wildman–Crippen MR) is 103 cm³/mol. The molecule has 2 aromatic carbocycles. The Labute approximate surface area is 163 Å². The summed E-state index contributed by atoms with van der Waals surface area (Å²) >= 11 is 0. The Hall–Kier alpha value is -3.12. The van der Waals surface area contributed by atoms with Gasteiger partial charge < -0.3 is 9.47 Å². The van der Waals surface area contributed by atoms with E-state index in [0.29, 0.717) is 0 Å². The molecule has 0 amide bonds. The lowest BCUT2D eigenvalue weighted by atomic mass is 9.69. The summed E-state index contributed by atoms with van der Waals surface area (Å²) in [7, 11) is 2.55. The van der Waals surface area contributed by atoms with Gasteiger partial charge in [0.15, 0.2) is 5.41 Å². The lowest BCUT2D eigenvalue weighted by molar-refractivity contribution is -0.183. The summed E-state index contributed by atoms with van der Waals surface area (Å²) in [4.78, 5) is 32.4. The Morgan fingerprint density at radius 3 is 2.29 bits per heavy atom. The van der Waals surface area contributed by atoms with Crippen LogP contribution < -0.4 is 5.06 Å². The van der Waals surface area contributed by atoms with Gasteiger partial charge in [0, 0.05) is 12.0 Å². The minimum absolute atomic E-state index is 0.0789. The molecule has 6 nitrogen and oxygen atoms in total. The molecule has 2 bridgehead atoms. The molecule has 0 saturated carbocycles. The van der Waals surface area contributed by atoms with Crippen molar-refractivity contribution in [3.8, 4) is 0 Å². The molecule has 2 heterocycles. The number of hydroxylamine groups is 1. The van der Waals surface area contributed by atoms with Crippen LogP contribution in [0.25, 0.3) is 5.57 Å². The first-order valence-electron chi connectivity index (χ1n) is 9.00. The SMILES string of the molecule is C=C1c2ccccc2N2O[C@@H]1CC(C(=O)OC)(C(=O)OC)[C@H]2c1ccccc1. The highest BCUT2D eigenvalue weighted by Gasteiger charge is 2.63. The zero-order chi connectivity index (χ0) is 19.9. The number of rotatable bonds is 3. The van der Waals surface area contributed by atoms with E-state index in [9.17, 15) is 9.59 Å². The second kappa shape index (κ2) is 6.80. The zero-order valence-electron chi connectivity index (χ0n) is 15.8. The number of esters is 2. The van der Waals surface area contributed by atoms with Crippen molar-refractivity contribution in [1.29, 1.82) is 0 Å². The summed E-state index contributed by atoms with van der Waals surface area (Å²) < 4.78 is 10.2. The van der Waals surface area contributed by atoms with Crippen LogP contribution >= 0.6 is 0 Å². The standard InChI is InChI=1S/C22H21NO5/c1-14-16-11-7-8-12-17(16)23-19(15-9-5-4-6-10-15)22(20(24)26-2,21(25)27-3)13-18(14)28-23/h4-12,18-19H,1,13H2,2-3H3/t18-,19-/m1/s1. The van der Waals surface area contributed by atoms with E-state index in [1.807, 2.05) is 54.6 Å². The quantitative estimate of drug-likeness (QED) is 0.602. The van der Waals surface area contributed by atoms with Gasteiger partial charge in [-0.15, -0.1) is 0 Å². The maximum absolute atomic E-state index is 13.1. The highest BCUT2D eigenvalue weighted by atomic mass is 16.7. The summed E-state index contributed by atoms with van der Waals surface area (Å²) in [5.74, 6) is -1.31. The Morgan fingerprint density at radius 1 is 1.04 bits per heavy atom. The summed E-state index contributed by atoms with van der Waals surface area (Å²) in [6.45, 7) is 4.15. The smallest absolute Gasteiger partial charge is 0.325 e. The van der Waals surface area contributed by atoms with Gasteiger partial charge in [0.05, 0.1) is 19.9 Å². The largest absolute Gasteiger partial charge is 0.468 e. The molecule has 1 saturated heterocycles. The number of fused-ring (bicyclic) bond motifs is 4. The molecule has 144 valence electrons. The van der Waals surface area contributed by atoms with E-state index in [1.54, 1.807) is 5.06 Å². The van der Waals surface area contributed by atoms with Crippen LogP contribution in [0, 0.1) is 5.41 Å². The fourth-order valence-corrected chi connectivity index (χ4v) is 4.23. The van der Waals surface area contributed by atoms with Crippen LogP contribution in [0.4, 0.5) is 5.69 Å². The van der Waals surface area contributed by atoms with Crippen molar-refractivity contribution >= 4 is 23.2 Å². The second-order valence-electron chi connectivity index (χ2n) is 6.93. The molecule has 2 aliphatic heterocycles. The van der Waals surface area contributed by atoms with Crippen LogP contribution in [-0.2, 0) is 23.9 Å². The molecule has 6 heteroatoms. The van der Waals surface area contributed by atoms with E-state index >= 15 is 0 Å². The third-order valence-corrected chi connectivity index (χ3v) is 5.54. The van der Waals surface area contributed by atoms with Crippen molar-refractivity contribution in [3.63, 3.8) is 0 Å². The monoisotopic (exact) mass is 379 g/mol. The van der Waals surface area contributed by atoms with Gasteiger partial charge in [-0.1, -0.05) is 55.1 Å². The molecule has 2 aliphatic rings. The second-order valence-corrected chi connectivity index (χ2v) is 6.93. The first kappa shape index (κ1) is 18.3. The number of anilines is 1. The molecule has 0 aliphatic carbocycles. The topological polar surface area (TPSA) is 65.1 Å². The van der Waals surface area contributed by atoms with Crippen molar-refractivity contribution < 1.29 is 23.9 Å². The van der Waals surface area contributed by atoms with Crippen LogP contribution in [-0.4, -0.2) is 32.3 Å². The third kappa shape index (κ3) is 2.45. The van der Waals surface area contributed by atoms with Gasteiger partial charge in [0.1, 0.15) is 12.1 Å². The number of hydrogen-bond donors (Lipinski definition) is 0. The number of carbonyl (C=O) groups is 2. The number of methoxy groups -OCH3 is 2. The third-order valence-electron chi connectivity index (χ3n) is 5.54. The number of hydrogen-bond acceptors (Lipinski definition) is 6. The fourth-order valence-electron chi connectivity index (χ4n) is 4.23. The number of nitrogens with zero attached hydrogens (tertiary/aromatic N) is 1. The van der Waals surface area contributed by atoms with Crippen LogP contribution in [0.15, 0.2) is 61.2 Å². The van der Waals surface area contributed by atoms with E-state index in [0.717, 1.165) is 22.4 Å². The summed E-state index contributed by atoms with van der Waals surface area (Å²) in [5, 5.41) is 1.64. The van der Waals surface area contributed by atoms with E-state index in [-0.39, 0.29) is 6.42 Å². The summed E-state index contributed by atoms with van der Waals surface area (Å²) in [6, 6.07) is 16.2. The van der Waals surface area contributed by atoms with E-state index < -0.39 is 29.5 Å². The molecular weight excluding hydrogens is 358 g/mol. The molecule has 0 radical (unpaired) electrons. The van der Waals surface area contributed by atoms with E-state index in [1.165, 1.54) is 14.2 Å². The summed E-state index contributed by atoms with van der Waals surface area (Å²) in [6.07, 6.45) is -0.469. The van der Waals surface area contributed by atoms with Crippen LogP contribution in [0.2, 0.25) is 0 Å². The maximum Gasteiger partial charge on any atom is 0.325 e. The predicted octanol–water partition coefficient (Wildman–Crippen LogP) is 3.30. The highest BCUT2D eigenvalue weighted by Crippen LogP contribution is 2.55. The number of benzene rings is 2. The Kier molecular flexibility index (Phi) is 4.43. The van der Waals surface area contributed by atoms with Crippen molar-refractivity contribution in [2.75, 3.05) is 19.3 Å². The number of para-hydroxylation sites is 1. The van der Waals surface area contributed by atoms with Gasteiger partial charge in [-0.05, 0) is 17.2 Å². The average molecular weight is 379 g/mol. The molecule has 1 fully saturated rings. The molecule has 4 rings (SSSR count). The number of ether oxygens (including phenoxy) is 2. The molecule has 2 atom stereocenters. The lowest BCUT2D eigenvalue weighted by Gasteiger charge is -2.52. The van der Waals surface area contributed by atoms with Crippen LogP contribution in [0.3, 0.4) is 0 Å². The van der Waals surface area contributed by atoms with E-state index in [4.69, 9.17) is 14.3 Å². The lowest BCUT2D eigenvalue weighted by Crippen LogP contribution is -2.60. The van der Waals surface area contributed by atoms with Crippen molar-refractivity contribution in [3.05, 3.63) is 72.3 Å².